The summed E-state index contributed by atoms with van der Waals surface area (Å²) in [6.07, 6.45) is 2.44. The summed E-state index contributed by atoms with van der Waals surface area (Å²) < 4.78 is 44.5. The number of aromatic hydroxyl groups is 1. The van der Waals surface area contributed by atoms with Gasteiger partial charge in [-0.2, -0.15) is 0 Å². The van der Waals surface area contributed by atoms with Crippen LogP contribution >= 0.6 is 0 Å². The van der Waals surface area contributed by atoms with Gasteiger partial charge in [0, 0.05) is 6.32 Å². The summed E-state index contributed by atoms with van der Waals surface area (Å²) in [4.78, 5) is 0. The van der Waals surface area contributed by atoms with Crippen molar-refractivity contribution in [3.05, 3.63) is 76.6 Å². The van der Waals surface area contributed by atoms with Gasteiger partial charge < -0.3 is 14.8 Å². The van der Waals surface area contributed by atoms with E-state index < -0.39 is 39.9 Å². The van der Waals surface area contributed by atoms with Crippen molar-refractivity contribution in [2.24, 2.45) is 0 Å². The fraction of sp³-hybridized carbons (Fsp3) is 0.304. The van der Waals surface area contributed by atoms with E-state index in [1.165, 1.54) is 12.1 Å². The van der Waals surface area contributed by atoms with Crippen LogP contribution in [0.1, 0.15) is 30.9 Å². The Bertz CT molecular complexity index is 1140. The van der Waals surface area contributed by atoms with Crippen molar-refractivity contribution in [2.75, 3.05) is 5.75 Å². The molecule has 0 radical (unpaired) electrons. The predicted molar refractivity (Wildman–Crippen MR) is 120 cm³/mol. The topological polar surface area (TPSA) is 83.8 Å². The zero-order valence-electron chi connectivity index (χ0n) is 17.2. The van der Waals surface area contributed by atoms with Crippen LogP contribution in [0.2, 0.25) is 6.32 Å². The first-order valence-corrected chi connectivity index (χ1v) is 12.0. The molecule has 2 N–H and O–H groups in total. The maximum absolute atomic E-state index is 13.8. The van der Waals surface area contributed by atoms with Crippen molar-refractivity contribution in [3.8, 4) is 5.75 Å². The van der Waals surface area contributed by atoms with Crippen LogP contribution in [0.3, 0.4) is 0 Å². The summed E-state index contributed by atoms with van der Waals surface area (Å²) >= 11 is 0. The molecule has 0 saturated carbocycles. The molecular weight excluding hydrogens is 418 g/mol. The minimum Gasteiger partial charge on any atom is -0.505 e. The largest absolute Gasteiger partial charge is 0.505 e. The Labute approximate surface area is 181 Å². The Morgan fingerprint density at radius 2 is 2.00 bits per heavy atom. The number of benzene rings is 2. The summed E-state index contributed by atoms with van der Waals surface area (Å²) in [7, 11) is -4.42. The van der Waals surface area contributed by atoms with Crippen LogP contribution in [0.4, 0.5) is 4.39 Å². The first kappa shape index (κ1) is 21.8. The first-order chi connectivity index (χ1) is 14.7. The number of hydrogen-bond acceptors (Lipinski definition) is 5. The summed E-state index contributed by atoms with van der Waals surface area (Å²) in [6.45, 7) is 1.81. The van der Waals surface area contributed by atoms with E-state index in [4.69, 9.17) is 4.65 Å². The summed E-state index contributed by atoms with van der Waals surface area (Å²) in [5, 5.41) is 18.9. The molecule has 1 saturated heterocycles. The SMILES string of the molecule is CC1=C2[C@@H](CC/C(=C/c3ccc(O)c(F)c3)c3ccccc3)OB(O)C[C@@H]2S(=O)(=O)C1. The molecule has 0 unspecified atom stereocenters. The molecule has 5 nitrogen and oxygen atoms in total. The third-order valence-electron chi connectivity index (χ3n) is 5.91. The minimum absolute atomic E-state index is 0.00769. The van der Waals surface area contributed by atoms with Gasteiger partial charge in [0.2, 0.25) is 0 Å². The molecule has 0 spiro atoms. The lowest BCUT2D eigenvalue weighted by atomic mass is 9.74. The number of halogens is 1. The molecule has 0 bridgehead atoms. The van der Waals surface area contributed by atoms with E-state index in [-0.39, 0.29) is 12.1 Å². The number of fused-ring (bicyclic) bond motifs is 1. The molecule has 2 aliphatic rings. The summed E-state index contributed by atoms with van der Waals surface area (Å²) in [5.41, 5.74) is 4.05. The van der Waals surface area contributed by atoms with E-state index in [1.54, 1.807) is 6.07 Å². The van der Waals surface area contributed by atoms with Gasteiger partial charge in [-0.3, -0.25) is 0 Å². The quantitative estimate of drug-likeness (QED) is 0.418. The predicted octanol–water partition coefficient (Wildman–Crippen LogP) is 3.84. The number of phenols is 1. The van der Waals surface area contributed by atoms with Crippen molar-refractivity contribution >= 4 is 28.6 Å². The molecule has 1 fully saturated rings. The molecule has 4 rings (SSSR count). The lowest BCUT2D eigenvalue weighted by Gasteiger charge is -2.32. The minimum atomic E-state index is -3.30. The number of hydrogen-bond donors (Lipinski definition) is 2. The number of rotatable bonds is 5. The van der Waals surface area contributed by atoms with Crippen molar-refractivity contribution in [1.29, 1.82) is 0 Å². The smallest absolute Gasteiger partial charge is 0.456 e. The van der Waals surface area contributed by atoms with Gasteiger partial charge in [0.25, 0.3) is 0 Å². The highest BCUT2D eigenvalue weighted by Crippen LogP contribution is 2.40. The third-order valence-corrected chi connectivity index (χ3v) is 8.06. The van der Waals surface area contributed by atoms with Crippen LogP contribution in [0.5, 0.6) is 5.75 Å². The molecule has 0 aliphatic carbocycles. The monoisotopic (exact) mass is 442 g/mol. The molecule has 2 aromatic rings. The zero-order valence-corrected chi connectivity index (χ0v) is 18.0. The van der Waals surface area contributed by atoms with Gasteiger partial charge in [-0.25, -0.2) is 12.8 Å². The van der Waals surface area contributed by atoms with Gasteiger partial charge in [0.05, 0.1) is 17.1 Å². The van der Waals surface area contributed by atoms with Gasteiger partial charge in [-0.05, 0) is 54.2 Å². The molecule has 8 heteroatoms. The molecule has 31 heavy (non-hydrogen) atoms. The lowest BCUT2D eigenvalue weighted by Crippen LogP contribution is -2.41. The molecule has 0 amide bonds. The zero-order chi connectivity index (χ0) is 22.2. The molecule has 162 valence electrons. The maximum atomic E-state index is 13.8. The summed E-state index contributed by atoms with van der Waals surface area (Å²) in [5.74, 6) is -1.09. The van der Waals surface area contributed by atoms with E-state index in [1.807, 2.05) is 43.3 Å². The van der Waals surface area contributed by atoms with Gasteiger partial charge in [-0.15, -0.1) is 0 Å². The fourth-order valence-electron chi connectivity index (χ4n) is 4.49. The number of allylic oxidation sites excluding steroid dienone is 1. The standard InChI is InChI=1S/C23H24BFO5S/c1-15-14-31(28,29)22-13-24(27)30-21(23(15)22)10-8-18(17-5-3-2-4-6-17)11-16-7-9-20(26)19(25)12-16/h2-7,9,11-12,21-22,26-27H,8,10,13-14H2,1H3/b18-11-/t21-,22+/m1/s1. The second-order valence-electron chi connectivity index (χ2n) is 8.13. The van der Waals surface area contributed by atoms with E-state index in [0.29, 0.717) is 18.4 Å². The molecule has 0 aromatic heterocycles. The van der Waals surface area contributed by atoms with Crippen LogP contribution in [-0.2, 0) is 14.5 Å². The van der Waals surface area contributed by atoms with E-state index in [2.05, 4.69) is 0 Å². The van der Waals surface area contributed by atoms with Crippen LogP contribution in [0, 0.1) is 5.82 Å². The van der Waals surface area contributed by atoms with Crippen molar-refractivity contribution in [3.63, 3.8) is 0 Å². The Balaban J connectivity index is 1.63. The van der Waals surface area contributed by atoms with Crippen molar-refractivity contribution in [1.82, 2.24) is 0 Å². The van der Waals surface area contributed by atoms with Crippen molar-refractivity contribution in [2.45, 2.75) is 37.4 Å². The first-order valence-electron chi connectivity index (χ1n) is 10.2. The normalized spacial score (nSPS) is 23.2. The lowest BCUT2D eigenvalue weighted by molar-refractivity contribution is 0.171. The highest BCUT2D eigenvalue weighted by Gasteiger charge is 2.47. The van der Waals surface area contributed by atoms with E-state index in [9.17, 15) is 22.9 Å². The second kappa shape index (κ2) is 8.61. The van der Waals surface area contributed by atoms with Crippen LogP contribution < -0.4 is 0 Å². The molecule has 2 atom stereocenters. The number of phenolic OH excluding ortho intramolecular Hbond substituents is 1. The van der Waals surface area contributed by atoms with Gasteiger partial charge in [0.15, 0.2) is 21.4 Å². The Kier molecular flexibility index (Phi) is 6.06. The second-order valence-corrected chi connectivity index (χ2v) is 10.3. The van der Waals surface area contributed by atoms with Crippen LogP contribution in [0.25, 0.3) is 11.6 Å². The van der Waals surface area contributed by atoms with Crippen LogP contribution in [0.15, 0.2) is 59.7 Å². The highest BCUT2D eigenvalue weighted by atomic mass is 32.2. The Morgan fingerprint density at radius 1 is 1.26 bits per heavy atom. The van der Waals surface area contributed by atoms with Gasteiger partial charge >= 0.3 is 7.12 Å². The maximum Gasteiger partial charge on any atom is 0.456 e. The van der Waals surface area contributed by atoms with Gasteiger partial charge in [0.1, 0.15) is 0 Å². The molecular formula is C23H24BFO5S. The average Bonchev–Trinajstić information content (AvgIpc) is 2.96. The average molecular weight is 442 g/mol. The Morgan fingerprint density at radius 3 is 2.71 bits per heavy atom. The fourth-order valence-corrected chi connectivity index (χ4v) is 6.66. The highest BCUT2D eigenvalue weighted by molar-refractivity contribution is 7.92. The van der Waals surface area contributed by atoms with Crippen LogP contribution in [-0.4, -0.2) is 42.8 Å². The number of sulfone groups is 1. The third kappa shape index (κ3) is 4.61. The molecule has 2 aliphatic heterocycles. The van der Waals surface area contributed by atoms with E-state index >= 15 is 0 Å². The van der Waals surface area contributed by atoms with Gasteiger partial charge in [-0.1, -0.05) is 48.0 Å². The Hall–Kier alpha value is -2.42. The van der Waals surface area contributed by atoms with E-state index in [0.717, 1.165) is 22.3 Å². The van der Waals surface area contributed by atoms with Crippen molar-refractivity contribution < 1.29 is 27.6 Å². The summed E-state index contributed by atoms with van der Waals surface area (Å²) in [6, 6.07) is 13.8. The molecule has 2 heterocycles. The molecule has 2 aromatic carbocycles.